The number of aliphatic hydroxyl groups excluding tert-OH is 1. The molecule has 82 valence electrons. The maximum Gasteiger partial charge on any atom is 0.0487 e. The van der Waals surface area contributed by atoms with Gasteiger partial charge in [-0.15, -0.1) is 0 Å². The lowest BCUT2D eigenvalue weighted by atomic mass is 9.73. The van der Waals surface area contributed by atoms with Crippen molar-refractivity contribution in [3.05, 3.63) is 0 Å². The minimum Gasteiger partial charge on any atom is -0.396 e. The molecular weight excluding hydrogens is 172 g/mol. The SMILES string of the molecule is CC(CO)(CC1CCCCC1)C1CC1. The van der Waals surface area contributed by atoms with E-state index in [0.717, 1.165) is 11.8 Å². The highest BCUT2D eigenvalue weighted by Crippen LogP contribution is 2.50. The van der Waals surface area contributed by atoms with Gasteiger partial charge < -0.3 is 5.11 Å². The van der Waals surface area contributed by atoms with Crippen molar-refractivity contribution in [1.82, 2.24) is 0 Å². The van der Waals surface area contributed by atoms with Crippen molar-refractivity contribution in [1.29, 1.82) is 0 Å². The lowest BCUT2D eigenvalue weighted by Gasteiger charge is -2.33. The molecule has 0 bridgehead atoms. The highest BCUT2D eigenvalue weighted by atomic mass is 16.3. The lowest BCUT2D eigenvalue weighted by molar-refractivity contribution is 0.0819. The Balaban J connectivity index is 1.86. The fraction of sp³-hybridized carbons (Fsp3) is 1.00. The molecule has 1 nitrogen and oxygen atoms in total. The molecule has 0 aromatic rings. The molecule has 1 N–H and O–H groups in total. The van der Waals surface area contributed by atoms with Crippen LogP contribution >= 0.6 is 0 Å². The van der Waals surface area contributed by atoms with Crippen LogP contribution in [0.2, 0.25) is 0 Å². The van der Waals surface area contributed by atoms with E-state index < -0.39 is 0 Å². The molecule has 2 rings (SSSR count). The van der Waals surface area contributed by atoms with Crippen molar-refractivity contribution in [2.75, 3.05) is 6.61 Å². The highest BCUT2D eigenvalue weighted by molar-refractivity contribution is 4.92. The van der Waals surface area contributed by atoms with Crippen molar-refractivity contribution < 1.29 is 5.11 Å². The van der Waals surface area contributed by atoms with Crippen LogP contribution < -0.4 is 0 Å². The van der Waals surface area contributed by atoms with E-state index in [1.807, 2.05) is 0 Å². The highest BCUT2D eigenvalue weighted by Gasteiger charge is 2.42. The van der Waals surface area contributed by atoms with Gasteiger partial charge >= 0.3 is 0 Å². The molecule has 0 heterocycles. The van der Waals surface area contributed by atoms with Crippen LogP contribution in [0.5, 0.6) is 0 Å². The summed E-state index contributed by atoms with van der Waals surface area (Å²) in [6, 6.07) is 0. The third kappa shape index (κ3) is 2.31. The van der Waals surface area contributed by atoms with Gasteiger partial charge in [0, 0.05) is 6.61 Å². The van der Waals surface area contributed by atoms with E-state index in [4.69, 9.17) is 0 Å². The normalized spacial score (nSPS) is 28.7. The van der Waals surface area contributed by atoms with Crippen molar-refractivity contribution in [2.24, 2.45) is 17.3 Å². The lowest BCUT2D eigenvalue weighted by Crippen LogP contribution is -2.28. The summed E-state index contributed by atoms with van der Waals surface area (Å²) in [4.78, 5) is 0. The van der Waals surface area contributed by atoms with Crippen LogP contribution in [0.15, 0.2) is 0 Å². The van der Waals surface area contributed by atoms with Gasteiger partial charge in [0.25, 0.3) is 0 Å². The zero-order valence-corrected chi connectivity index (χ0v) is 9.47. The molecule has 1 heteroatoms. The standard InChI is InChI=1S/C13H24O/c1-13(10-14,12-7-8-12)9-11-5-3-2-4-6-11/h11-12,14H,2-10H2,1H3. The van der Waals surface area contributed by atoms with E-state index in [9.17, 15) is 5.11 Å². The van der Waals surface area contributed by atoms with Crippen molar-refractivity contribution in [2.45, 2.75) is 58.3 Å². The summed E-state index contributed by atoms with van der Waals surface area (Å²) in [6.45, 7) is 2.72. The third-order valence-electron chi connectivity index (χ3n) is 4.40. The Bertz CT molecular complexity index is 180. The molecule has 0 aromatic heterocycles. The van der Waals surface area contributed by atoms with Crippen LogP contribution in [0.1, 0.15) is 58.3 Å². The minimum absolute atomic E-state index is 0.266. The van der Waals surface area contributed by atoms with E-state index in [1.54, 1.807) is 0 Å². The fourth-order valence-electron chi connectivity index (χ4n) is 3.19. The van der Waals surface area contributed by atoms with Gasteiger partial charge in [-0.3, -0.25) is 0 Å². The van der Waals surface area contributed by atoms with Crippen LogP contribution in [-0.2, 0) is 0 Å². The molecule has 14 heavy (non-hydrogen) atoms. The van der Waals surface area contributed by atoms with E-state index in [0.29, 0.717) is 6.61 Å². The zero-order valence-electron chi connectivity index (χ0n) is 9.47. The summed E-state index contributed by atoms with van der Waals surface area (Å²) >= 11 is 0. The quantitative estimate of drug-likeness (QED) is 0.731. The second-order valence-electron chi connectivity index (χ2n) is 5.79. The molecule has 2 aliphatic rings. The smallest absolute Gasteiger partial charge is 0.0487 e. The first-order valence-corrected chi connectivity index (χ1v) is 6.35. The molecule has 2 aliphatic carbocycles. The summed E-state index contributed by atoms with van der Waals surface area (Å²) in [7, 11) is 0. The zero-order chi connectivity index (χ0) is 10.0. The topological polar surface area (TPSA) is 20.2 Å². The molecule has 1 atom stereocenters. The van der Waals surface area contributed by atoms with E-state index in [2.05, 4.69) is 6.92 Å². The van der Waals surface area contributed by atoms with E-state index >= 15 is 0 Å². The molecule has 0 aliphatic heterocycles. The molecule has 2 saturated carbocycles. The van der Waals surface area contributed by atoms with Gasteiger partial charge in [-0.2, -0.15) is 0 Å². The van der Waals surface area contributed by atoms with Crippen molar-refractivity contribution >= 4 is 0 Å². The Morgan fingerprint density at radius 1 is 1.07 bits per heavy atom. The largest absolute Gasteiger partial charge is 0.396 e. The number of hydrogen-bond acceptors (Lipinski definition) is 1. The van der Waals surface area contributed by atoms with Gasteiger partial charge in [-0.1, -0.05) is 39.0 Å². The van der Waals surface area contributed by atoms with Crippen LogP contribution in [0.3, 0.4) is 0 Å². The fourth-order valence-corrected chi connectivity index (χ4v) is 3.19. The Labute approximate surface area is 87.9 Å². The molecule has 0 saturated heterocycles. The first-order valence-electron chi connectivity index (χ1n) is 6.35. The Morgan fingerprint density at radius 2 is 1.71 bits per heavy atom. The minimum atomic E-state index is 0.266. The van der Waals surface area contributed by atoms with Gasteiger partial charge in [0.1, 0.15) is 0 Å². The molecule has 0 spiro atoms. The van der Waals surface area contributed by atoms with E-state index in [-0.39, 0.29) is 5.41 Å². The average Bonchev–Trinajstić information content (AvgIpc) is 3.03. The molecule has 2 fully saturated rings. The van der Waals surface area contributed by atoms with Gasteiger partial charge in [-0.05, 0) is 36.5 Å². The van der Waals surface area contributed by atoms with Gasteiger partial charge in [-0.25, -0.2) is 0 Å². The van der Waals surface area contributed by atoms with Crippen molar-refractivity contribution in [3.63, 3.8) is 0 Å². The maximum atomic E-state index is 9.53. The predicted molar refractivity (Wildman–Crippen MR) is 59.1 cm³/mol. The average molecular weight is 196 g/mol. The summed E-state index contributed by atoms with van der Waals surface area (Å²) in [5, 5.41) is 9.53. The van der Waals surface area contributed by atoms with Crippen LogP contribution in [0.25, 0.3) is 0 Å². The first kappa shape index (κ1) is 10.5. The Hall–Kier alpha value is -0.0400. The predicted octanol–water partition coefficient (Wildman–Crippen LogP) is 3.37. The Morgan fingerprint density at radius 3 is 2.21 bits per heavy atom. The third-order valence-corrected chi connectivity index (χ3v) is 4.40. The van der Waals surface area contributed by atoms with Crippen LogP contribution in [-0.4, -0.2) is 11.7 Å². The molecule has 0 radical (unpaired) electrons. The summed E-state index contributed by atoms with van der Waals surface area (Å²) in [5.41, 5.74) is 0.266. The summed E-state index contributed by atoms with van der Waals surface area (Å²) < 4.78 is 0. The first-order chi connectivity index (χ1) is 6.74. The van der Waals surface area contributed by atoms with Gasteiger partial charge in [0.2, 0.25) is 0 Å². The second kappa shape index (κ2) is 4.22. The molecular formula is C13H24O. The maximum absolute atomic E-state index is 9.53. The monoisotopic (exact) mass is 196 g/mol. The number of rotatable bonds is 4. The second-order valence-corrected chi connectivity index (χ2v) is 5.79. The van der Waals surface area contributed by atoms with E-state index in [1.165, 1.54) is 51.4 Å². The van der Waals surface area contributed by atoms with Crippen LogP contribution in [0, 0.1) is 17.3 Å². The molecule has 0 amide bonds. The Kier molecular flexibility index (Phi) is 3.16. The summed E-state index contributed by atoms with van der Waals surface area (Å²) in [6.07, 6.45) is 11.1. The number of hydrogen-bond donors (Lipinski definition) is 1. The van der Waals surface area contributed by atoms with Crippen LogP contribution in [0.4, 0.5) is 0 Å². The summed E-state index contributed by atoms with van der Waals surface area (Å²) in [5.74, 6) is 1.76. The van der Waals surface area contributed by atoms with Crippen molar-refractivity contribution in [3.8, 4) is 0 Å². The van der Waals surface area contributed by atoms with Gasteiger partial charge in [0.05, 0.1) is 0 Å². The van der Waals surface area contributed by atoms with Gasteiger partial charge in [0.15, 0.2) is 0 Å². The molecule has 0 aromatic carbocycles. The molecule has 1 unspecified atom stereocenters. The number of aliphatic hydroxyl groups is 1.